The molecule has 0 atom stereocenters. The van der Waals surface area contributed by atoms with Crippen molar-refractivity contribution >= 4 is 11.8 Å². The molecule has 3 heterocycles. The summed E-state index contributed by atoms with van der Waals surface area (Å²) in [5.74, 6) is 1.88. The van der Waals surface area contributed by atoms with Crippen molar-refractivity contribution in [3.05, 3.63) is 11.3 Å². The number of anilines is 2. The topological polar surface area (TPSA) is 53.5 Å². The number of morpholine rings is 1. The van der Waals surface area contributed by atoms with E-state index in [2.05, 4.69) is 35.9 Å². The van der Waals surface area contributed by atoms with E-state index in [0.29, 0.717) is 6.04 Å². The summed E-state index contributed by atoms with van der Waals surface area (Å²) in [6, 6.07) is 0.369. The molecule has 0 aromatic carbocycles. The van der Waals surface area contributed by atoms with Crippen molar-refractivity contribution in [2.75, 3.05) is 49.6 Å². The first-order valence-corrected chi connectivity index (χ1v) is 8.88. The van der Waals surface area contributed by atoms with Crippen LogP contribution in [-0.4, -0.2) is 60.3 Å². The van der Waals surface area contributed by atoms with Gasteiger partial charge in [0.1, 0.15) is 5.82 Å². The van der Waals surface area contributed by atoms with Gasteiger partial charge in [-0.05, 0) is 26.8 Å². The second kappa shape index (κ2) is 7.45. The summed E-state index contributed by atoms with van der Waals surface area (Å²) in [7, 11) is 0. The van der Waals surface area contributed by atoms with Gasteiger partial charge in [0, 0.05) is 44.2 Å². The van der Waals surface area contributed by atoms with Gasteiger partial charge in [0.05, 0.1) is 18.9 Å². The number of nitrogens with one attached hydrogen (secondary N) is 1. The summed E-state index contributed by atoms with van der Waals surface area (Å²) in [6.07, 6.45) is 2.21. The summed E-state index contributed by atoms with van der Waals surface area (Å²) in [6.45, 7) is 13.0. The predicted octanol–water partition coefficient (Wildman–Crippen LogP) is 1.90. The summed E-state index contributed by atoms with van der Waals surface area (Å²) in [5.41, 5.74) is 2.51. The van der Waals surface area contributed by atoms with Crippen LogP contribution in [0.3, 0.4) is 0 Å². The van der Waals surface area contributed by atoms with Gasteiger partial charge in [-0.2, -0.15) is 4.98 Å². The third kappa shape index (κ3) is 3.93. The highest BCUT2D eigenvalue weighted by atomic mass is 16.5. The predicted molar refractivity (Wildman–Crippen MR) is 93.1 cm³/mol. The number of rotatable bonds is 5. The van der Waals surface area contributed by atoms with Crippen molar-refractivity contribution in [3.8, 4) is 0 Å². The number of ether oxygens (including phenoxy) is 1. The highest BCUT2D eigenvalue weighted by molar-refractivity contribution is 5.52. The second-order valence-electron chi connectivity index (χ2n) is 6.72. The molecule has 0 radical (unpaired) electrons. The van der Waals surface area contributed by atoms with Crippen LogP contribution in [0.5, 0.6) is 0 Å². The Hall–Kier alpha value is -1.40. The Morgan fingerprint density at radius 2 is 1.96 bits per heavy atom. The molecule has 128 valence electrons. The molecule has 1 fully saturated rings. The van der Waals surface area contributed by atoms with Gasteiger partial charge in [0.2, 0.25) is 5.95 Å². The van der Waals surface area contributed by atoms with Gasteiger partial charge in [-0.25, -0.2) is 4.98 Å². The third-order valence-corrected chi connectivity index (χ3v) is 4.39. The van der Waals surface area contributed by atoms with Crippen LogP contribution in [-0.2, 0) is 17.7 Å². The average molecular weight is 319 g/mol. The fourth-order valence-corrected chi connectivity index (χ4v) is 3.26. The maximum Gasteiger partial charge on any atom is 0.227 e. The zero-order valence-electron chi connectivity index (χ0n) is 14.6. The lowest BCUT2D eigenvalue weighted by molar-refractivity contribution is 0.122. The van der Waals surface area contributed by atoms with Gasteiger partial charge in [0.15, 0.2) is 0 Å². The summed E-state index contributed by atoms with van der Waals surface area (Å²) < 4.78 is 5.45. The van der Waals surface area contributed by atoms with Gasteiger partial charge in [-0.3, -0.25) is 4.90 Å². The van der Waals surface area contributed by atoms with Crippen molar-refractivity contribution in [1.29, 1.82) is 0 Å². The standard InChI is InChI=1S/C17H29N5O/c1-4-6-21-7-5-15-14(12-21)16(18-13(2)3)20-17(19-15)22-8-10-23-11-9-22/h13H,4-12H2,1-3H3,(H,18,19,20). The highest BCUT2D eigenvalue weighted by Crippen LogP contribution is 2.27. The number of fused-ring (bicyclic) bond motifs is 1. The Labute approximate surface area is 139 Å². The molecule has 1 saturated heterocycles. The van der Waals surface area contributed by atoms with Crippen LogP contribution in [0.15, 0.2) is 0 Å². The SMILES string of the molecule is CCCN1CCc2nc(N3CCOCC3)nc(NC(C)C)c2C1. The van der Waals surface area contributed by atoms with Crippen LogP contribution in [0.1, 0.15) is 38.4 Å². The first-order chi connectivity index (χ1) is 11.2. The van der Waals surface area contributed by atoms with E-state index in [4.69, 9.17) is 14.7 Å². The summed E-state index contributed by atoms with van der Waals surface area (Å²) in [5, 5.41) is 3.54. The van der Waals surface area contributed by atoms with Crippen LogP contribution in [0.25, 0.3) is 0 Å². The number of aromatic nitrogens is 2. The summed E-state index contributed by atoms with van der Waals surface area (Å²) >= 11 is 0. The van der Waals surface area contributed by atoms with Gasteiger partial charge in [0.25, 0.3) is 0 Å². The normalized spacial score (nSPS) is 19.0. The van der Waals surface area contributed by atoms with E-state index < -0.39 is 0 Å². The molecule has 23 heavy (non-hydrogen) atoms. The van der Waals surface area contributed by atoms with E-state index >= 15 is 0 Å². The van der Waals surface area contributed by atoms with Crippen LogP contribution < -0.4 is 10.2 Å². The third-order valence-electron chi connectivity index (χ3n) is 4.39. The fraction of sp³-hybridized carbons (Fsp3) is 0.765. The van der Waals surface area contributed by atoms with Crippen molar-refractivity contribution in [1.82, 2.24) is 14.9 Å². The van der Waals surface area contributed by atoms with E-state index in [9.17, 15) is 0 Å². The molecule has 0 unspecified atom stereocenters. The number of hydrogen-bond acceptors (Lipinski definition) is 6. The molecule has 0 saturated carbocycles. The van der Waals surface area contributed by atoms with Gasteiger partial charge >= 0.3 is 0 Å². The first-order valence-electron chi connectivity index (χ1n) is 8.88. The molecule has 1 aromatic heterocycles. The minimum atomic E-state index is 0.369. The molecule has 6 heteroatoms. The van der Waals surface area contributed by atoms with Gasteiger partial charge < -0.3 is 15.0 Å². The van der Waals surface area contributed by atoms with E-state index in [1.807, 2.05) is 0 Å². The molecular formula is C17H29N5O. The van der Waals surface area contributed by atoms with Crippen LogP contribution in [0, 0.1) is 0 Å². The number of hydrogen-bond donors (Lipinski definition) is 1. The zero-order chi connectivity index (χ0) is 16.2. The quantitative estimate of drug-likeness (QED) is 0.895. The molecule has 2 aliphatic rings. The number of nitrogens with zero attached hydrogens (tertiary/aromatic N) is 4. The lowest BCUT2D eigenvalue weighted by Gasteiger charge is -2.32. The molecule has 3 rings (SSSR count). The Morgan fingerprint density at radius 3 is 2.65 bits per heavy atom. The summed E-state index contributed by atoms with van der Waals surface area (Å²) in [4.78, 5) is 14.5. The zero-order valence-corrected chi connectivity index (χ0v) is 14.6. The first kappa shape index (κ1) is 16.5. The Bertz CT molecular complexity index is 528. The largest absolute Gasteiger partial charge is 0.378 e. The molecule has 0 aliphatic carbocycles. The van der Waals surface area contributed by atoms with Crippen LogP contribution >= 0.6 is 0 Å². The highest BCUT2D eigenvalue weighted by Gasteiger charge is 2.24. The molecule has 0 amide bonds. The van der Waals surface area contributed by atoms with Crippen LogP contribution in [0.4, 0.5) is 11.8 Å². The smallest absolute Gasteiger partial charge is 0.227 e. The molecule has 2 aliphatic heterocycles. The minimum absolute atomic E-state index is 0.369. The van der Waals surface area contributed by atoms with E-state index in [0.717, 1.165) is 64.1 Å². The van der Waals surface area contributed by atoms with Crippen molar-refractivity contribution < 1.29 is 4.74 Å². The molecular weight excluding hydrogens is 290 g/mol. The van der Waals surface area contributed by atoms with Crippen molar-refractivity contribution in [2.24, 2.45) is 0 Å². The molecule has 6 nitrogen and oxygen atoms in total. The van der Waals surface area contributed by atoms with E-state index in [1.165, 1.54) is 17.7 Å². The minimum Gasteiger partial charge on any atom is -0.378 e. The van der Waals surface area contributed by atoms with Crippen LogP contribution in [0.2, 0.25) is 0 Å². The maximum absolute atomic E-state index is 5.45. The Morgan fingerprint density at radius 1 is 1.17 bits per heavy atom. The maximum atomic E-state index is 5.45. The van der Waals surface area contributed by atoms with Crippen molar-refractivity contribution in [2.45, 2.75) is 46.2 Å². The second-order valence-corrected chi connectivity index (χ2v) is 6.72. The fourth-order valence-electron chi connectivity index (χ4n) is 3.26. The van der Waals surface area contributed by atoms with Gasteiger partial charge in [-0.15, -0.1) is 0 Å². The average Bonchev–Trinajstić information content (AvgIpc) is 2.55. The van der Waals surface area contributed by atoms with Crippen molar-refractivity contribution in [3.63, 3.8) is 0 Å². The lowest BCUT2D eigenvalue weighted by Crippen LogP contribution is -2.39. The lowest BCUT2D eigenvalue weighted by atomic mass is 10.1. The molecule has 0 bridgehead atoms. The van der Waals surface area contributed by atoms with E-state index in [-0.39, 0.29) is 0 Å². The van der Waals surface area contributed by atoms with Gasteiger partial charge in [-0.1, -0.05) is 6.92 Å². The molecule has 0 spiro atoms. The molecule has 1 N–H and O–H groups in total. The Balaban J connectivity index is 1.89. The molecule has 1 aromatic rings. The Kier molecular flexibility index (Phi) is 5.33. The monoisotopic (exact) mass is 319 g/mol. The van der Waals surface area contributed by atoms with E-state index in [1.54, 1.807) is 0 Å².